The van der Waals surface area contributed by atoms with Crippen molar-refractivity contribution < 1.29 is 22.7 Å². The van der Waals surface area contributed by atoms with Crippen molar-refractivity contribution in [3.8, 4) is 0 Å². The zero-order valence-electron chi connectivity index (χ0n) is 9.08. The van der Waals surface area contributed by atoms with E-state index in [0.29, 0.717) is 6.42 Å². The van der Waals surface area contributed by atoms with E-state index in [1.807, 2.05) is 0 Å². The van der Waals surface area contributed by atoms with Gasteiger partial charge >= 0.3 is 5.97 Å². The first-order valence-corrected chi connectivity index (χ1v) is 7.97. The number of carbonyl (C=O) groups excluding carboxylic acids is 1. The molecule has 3 heterocycles. The molecule has 3 saturated heterocycles. The van der Waals surface area contributed by atoms with Gasteiger partial charge in [-0.25, -0.2) is 8.42 Å². The minimum absolute atomic E-state index is 0.105. The molecule has 0 radical (unpaired) electrons. The molecule has 0 aromatic heterocycles. The van der Waals surface area contributed by atoms with Crippen LogP contribution in [-0.2, 0) is 24.3 Å². The van der Waals surface area contributed by atoms with E-state index < -0.39 is 21.4 Å². The van der Waals surface area contributed by atoms with Gasteiger partial charge in [-0.1, -0.05) is 15.9 Å². The highest BCUT2D eigenvalue weighted by molar-refractivity contribution is 9.09. The van der Waals surface area contributed by atoms with Crippen LogP contribution in [-0.4, -0.2) is 60.7 Å². The van der Waals surface area contributed by atoms with Crippen LogP contribution in [0.1, 0.15) is 6.42 Å². The van der Waals surface area contributed by atoms with Crippen molar-refractivity contribution in [3.63, 3.8) is 0 Å². The Balaban J connectivity index is 1.90. The number of fused-ring (bicyclic) bond motifs is 1. The fourth-order valence-electron chi connectivity index (χ4n) is 3.04. The summed E-state index contributed by atoms with van der Waals surface area (Å²) in [5, 5.41) is -0.352. The molecule has 3 aliphatic rings. The van der Waals surface area contributed by atoms with Crippen LogP contribution >= 0.6 is 15.9 Å². The van der Waals surface area contributed by atoms with Gasteiger partial charge in [0.1, 0.15) is 16.7 Å². The van der Waals surface area contributed by atoms with E-state index in [2.05, 4.69) is 15.9 Å². The Morgan fingerprint density at radius 1 is 1.59 bits per heavy atom. The molecule has 17 heavy (non-hydrogen) atoms. The van der Waals surface area contributed by atoms with E-state index in [9.17, 15) is 13.2 Å². The summed E-state index contributed by atoms with van der Waals surface area (Å²) in [5.41, 5.74) is 0. The van der Waals surface area contributed by atoms with E-state index in [4.69, 9.17) is 9.47 Å². The summed E-state index contributed by atoms with van der Waals surface area (Å²) in [6.45, 7) is 0. The predicted octanol–water partition coefficient (Wildman–Crippen LogP) is -0.523. The van der Waals surface area contributed by atoms with Crippen LogP contribution in [0.4, 0.5) is 0 Å². The lowest BCUT2D eigenvalue weighted by atomic mass is 9.92. The number of esters is 1. The Hall–Kier alpha value is -0.180. The van der Waals surface area contributed by atoms with E-state index in [0.717, 1.165) is 0 Å². The van der Waals surface area contributed by atoms with E-state index in [-0.39, 0.29) is 29.5 Å². The first kappa shape index (κ1) is 11.9. The van der Waals surface area contributed by atoms with Crippen LogP contribution in [0, 0.1) is 0 Å². The summed E-state index contributed by atoms with van der Waals surface area (Å²) in [7, 11) is -1.75. The van der Waals surface area contributed by atoms with Crippen LogP contribution in [0.3, 0.4) is 0 Å². The third-order valence-electron chi connectivity index (χ3n) is 3.78. The Morgan fingerprint density at radius 3 is 2.94 bits per heavy atom. The third-order valence-corrected chi connectivity index (χ3v) is 6.51. The Morgan fingerprint density at radius 2 is 2.29 bits per heavy atom. The lowest BCUT2D eigenvalue weighted by Crippen LogP contribution is -2.45. The van der Waals surface area contributed by atoms with E-state index in [1.165, 1.54) is 11.4 Å². The Kier molecular flexibility index (Phi) is 2.56. The molecule has 0 aliphatic carbocycles. The van der Waals surface area contributed by atoms with Crippen molar-refractivity contribution in [1.82, 2.24) is 4.31 Å². The molecule has 96 valence electrons. The molecule has 0 saturated carbocycles. The maximum absolute atomic E-state index is 12.0. The van der Waals surface area contributed by atoms with E-state index in [1.54, 1.807) is 0 Å². The number of carbonyl (C=O) groups is 1. The highest BCUT2D eigenvalue weighted by Gasteiger charge is 2.68. The molecule has 3 rings (SSSR count). The smallest absolute Gasteiger partial charge is 0.316 e. The highest BCUT2D eigenvalue weighted by Crippen LogP contribution is 2.48. The molecule has 3 aliphatic heterocycles. The molecule has 6 nitrogen and oxygen atoms in total. The van der Waals surface area contributed by atoms with Crippen LogP contribution in [0.25, 0.3) is 0 Å². The van der Waals surface area contributed by atoms with Gasteiger partial charge < -0.3 is 9.47 Å². The molecule has 0 amide bonds. The molecule has 0 N–H and O–H groups in total. The molecule has 8 heteroatoms. The van der Waals surface area contributed by atoms with Gasteiger partial charge in [0, 0.05) is 7.05 Å². The van der Waals surface area contributed by atoms with Crippen molar-refractivity contribution in [1.29, 1.82) is 0 Å². The van der Waals surface area contributed by atoms with E-state index >= 15 is 0 Å². The molecule has 0 aromatic rings. The molecular weight excluding hydrogens is 314 g/mol. The van der Waals surface area contributed by atoms with Gasteiger partial charge in [0.2, 0.25) is 10.0 Å². The fourth-order valence-corrected chi connectivity index (χ4v) is 5.18. The van der Waals surface area contributed by atoms with Gasteiger partial charge in [-0.05, 0) is 6.42 Å². The number of nitrogens with zero attached hydrogens (tertiary/aromatic N) is 1. The predicted molar refractivity (Wildman–Crippen MR) is 61.2 cm³/mol. The molecule has 0 aromatic carbocycles. The average molecular weight is 326 g/mol. The van der Waals surface area contributed by atoms with Gasteiger partial charge in [0.25, 0.3) is 0 Å². The lowest BCUT2D eigenvalue weighted by molar-refractivity contribution is -0.149. The fraction of sp³-hybridized carbons (Fsp3) is 0.889. The molecule has 2 bridgehead atoms. The summed E-state index contributed by atoms with van der Waals surface area (Å²) in [5.74, 6) is -0.389. The van der Waals surface area contributed by atoms with Crippen molar-refractivity contribution in [2.75, 3.05) is 12.4 Å². The number of sulfonamides is 1. The highest BCUT2D eigenvalue weighted by atomic mass is 79.9. The second-order valence-electron chi connectivity index (χ2n) is 4.55. The second-order valence-corrected chi connectivity index (χ2v) is 7.33. The minimum Gasteiger partial charge on any atom is -0.457 e. The number of halogens is 1. The minimum atomic E-state index is -3.28. The molecule has 5 unspecified atom stereocenters. The number of alkyl halides is 1. The molecule has 5 atom stereocenters. The lowest BCUT2D eigenvalue weighted by Gasteiger charge is -2.25. The Labute approximate surface area is 107 Å². The van der Waals surface area contributed by atoms with Crippen LogP contribution in [0.5, 0.6) is 0 Å². The number of ether oxygens (including phenoxy) is 2. The number of hydrogen-bond acceptors (Lipinski definition) is 5. The second kappa shape index (κ2) is 3.66. The maximum atomic E-state index is 12.0. The number of likely N-dealkylation sites (N-methyl/N-ethyl adjacent to an activating group) is 1. The topological polar surface area (TPSA) is 72.9 Å². The number of rotatable bonds is 2. The zero-order valence-corrected chi connectivity index (χ0v) is 11.5. The summed E-state index contributed by atoms with van der Waals surface area (Å²) in [4.78, 5) is 11.3. The SMILES string of the molecule is CN1C2C(OC(=O)CBr)C3CC(C2O3)S1(=O)=O. The zero-order chi connectivity index (χ0) is 12.4. The summed E-state index contributed by atoms with van der Waals surface area (Å²) < 4.78 is 36.2. The standard InChI is InChI=1S/C9H12BrNO5S/c1-11-7-8(16-6(12)3-10)4-2-5(9(7)15-4)17(11,13)14/h4-5,7-9H,2-3H2,1H3. The largest absolute Gasteiger partial charge is 0.457 e. The average Bonchev–Trinajstić information content (AvgIpc) is 2.88. The van der Waals surface area contributed by atoms with Gasteiger partial charge in [0.05, 0.1) is 18.2 Å². The number of hydrogen-bond donors (Lipinski definition) is 0. The summed E-state index contributed by atoms with van der Waals surface area (Å²) >= 11 is 3.02. The van der Waals surface area contributed by atoms with Crippen molar-refractivity contribution in [2.45, 2.75) is 36.0 Å². The van der Waals surface area contributed by atoms with Crippen molar-refractivity contribution >= 4 is 31.9 Å². The van der Waals surface area contributed by atoms with Crippen LogP contribution in [0.15, 0.2) is 0 Å². The van der Waals surface area contributed by atoms with Gasteiger partial charge in [-0.2, -0.15) is 4.31 Å². The van der Waals surface area contributed by atoms with Crippen LogP contribution in [0.2, 0.25) is 0 Å². The van der Waals surface area contributed by atoms with Crippen molar-refractivity contribution in [2.24, 2.45) is 0 Å². The molecule has 3 fully saturated rings. The summed E-state index contributed by atoms with van der Waals surface area (Å²) in [6.07, 6.45) is -0.668. The Bertz CT molecular complexity index is 466. The summed E-state index contributed by atoms with van der Waals surface area (Å²) in [6, 6.07) is -0.355. The quantitative estimate of drug-likeness (QED) is 0.504. The normalized spacial score (nSPS) is 46.4. The van der Waals surface area contributed by atoms with Gasteiger partial charge in [0.15, 0.2) is 0 Å². The van der Waals surface area contributed by atoms with Gasteiger partial charge in [-0.15, -0.1) is 0 Å². The maximum Gasteiger partial charge on any atom is 0.316 e. The van der Waals surface area contributed by atoms with Crippen LogP contribution < -0.4 is 0 Å². The third kappa shape index (κ3) is 1.44. The first-order valence-electron chi connectivity index (χ1n) is 5.34. The van der Waals surface area contributed by atoms with Crippen molar-refractivity contribution in [3.05, 3.63) is 0 Å². The first-order chi connectivity index (χ1) is 7.96. The van der Waals surface area contributed by atoms with Gasteiger partial charge in [-0.3, -0.25) is 4.79 Å². The molecule has 0 spiro atoms. The monoisotopic (exact) mass is 325 g/mol. The molecular formula is C9H12BrNO5S.